The zero-order chi connectivity index (χ0) is 20.5. The highest BCUT2D eigenvalue weighted by Gasteiger charge is 2.42. The van der Waals surface area contributed by atoms with Crippen molar-refractivity contribution in [1.82, 2.24) is 0 Å². The molecule has 3 aromatic rings. The van der Waals surface area contributed by atoms with Crippen LogP contribution in [0.15, 0.2) is 65.7 Å². The van der Waals surface area contributed by atoms with E-state index < -0.39 is 5.91 Å². The highest BCUT2D eigenvalue weighted by atomic mass is 32.1. The molecule has 1 aliphatic heterocycles. The summed E-state index contributed by atoms with van der Waals surface area (Å²) in [7, 11) is 1.53. The van der Waals surface area contributed by atoms with Gasteiger partial charge in [0.25, 0.3) is 11.8 Å². The molecule has 1 N–H and O–H groups in total. The van der Waals surface area contributed by atoms with Crippen molar-refractivity contribution in [3.63, 3.8) is 0 Å². The van der Waals surface area contributed by atoms with Gasteiger partial charge in [0.2, 0.25) is 0 Å². The Bertz CT molecular complexity index is 1130. The summed E-state index contributed by atoms with van der Waals surface area (Å²) in [4.78, 5) is 28.8. The van der Waals surface area contributed by atoms with Gasteiger partial charge < -0.3 is 10.1 Å². The predicted octanol–water partition coefficient (Wildman–Crippen LogP) is 4.77. The van der Waals surface area contributed by atoms with E-state index in [-0.39, 0.29) is 11.6 Å². The van der Waals surface area contributed by atoms with Crippen LogP contribution in [0.1, 0.15) is 16.0 Å². The van der Waals surface area contributed by atoms with E-state index in [0.717, 1.165) is 21.7 Å². The smallest absolute Gasteiger partial charge is 0.282 e. The van der Waals surface area contributed by atoms with Crippen molar-refractivity contribution in [2.24, 2.45) is 0 Å². The third kappa shape index (κ3) is 3.32. The number of methoxy groups -OCH3 is 1. The lowest BCUT2D eigenvalue weighted by molar-refractivity contribution is -0.120. The van der Waals surface area contributed by atoms with Crippen molar-refractivity contribution in [3.8, 4) is 5.75 Å². The number of para-hydroxylation sites is 1. The summed E-state index contributed by atoms with van der Waals surface area (Å²) in [6.45, 7) is 3.87. The number of benzene rings is 2. The van der Waals surface area contributed by atoms with Crippen LogP contribution in [0, 0.1) is 13.8 Å². The normalized spacial score (nSPS) is 14.0. The maximum atomic E-state index is 13.5. The zero-order valence-electron chi connectivity index (χ0n) is 16.4. The summed E-state index contributed by atoms with van der Waals surface area (Å²) in [5, 5.41) is 5.10. The molecule has 5 nitrogen and oxygen atoms in total. The summed E-state index contributed by atoms with van der Waals surface area (Å²) in [5.41, 5.74) is 3.79. The second-order valence-electron chi connectivity index (χ2n) is 6.79. The Kier molecular flexibility index (Phi) is 4.94. The maximum Gasteiger partial charge on any atom is 0.282 e. The first-order valence-electron chi connectivity index (χ1n) is 9.15. The molecule has 0 aliphatic carbocycles. The Morgan fingerprint density at radius 3 is 2.45 bits per heavy atom. The summed E-state index contributed by atoms with van der Waals surface area (Å²) >= 11 is 1.43. The second kappa shape index (κ2) is 7.56. The van der Waals surface area contributed by atoms with E-state index in [1.807, 2.05) is 61.7 Å². The molecular formula is C23H20N2O3S. The number of thiophene rings is 1. The van der Waals surface area contributed by atoms with Gasteiger partial charge in [-0.3, -0.25) is 9.59 Å². The third-order valence-corrected chi connectivity index (χ3v) is 5.72. The zero-order valence-corrected chi connectivity index (χ0v) is 17.2. The van der Waals surface area contributed by atoms with E-state index in [9.17, 15) is 9.59 Å². The second-order valence-corrected chi connectivity index (χ2v) is 7.74. The predicted molar refractivity (Wildman–Crippen MR) is 116 cm³/mol. The van der Waals surface area contributed by atoms with E-state index in [2.05, 4.69) is 5.32 Å². The molecule has 0 saturated heterocycles. The molecule has 0 spiro atoms. The molecule has 29 heavy (non-hydrogen) atoms. The molecule has 1 aliphatic rings. The molecule has 2 heterocycles. The number of carbonyl (C=O) groups is 2. The Morgan fingerprint density at radius 2 is 1.76 bits per heavy atom. The average molecular weight is 404 g/mol. The number of anilines is 2. The lowest BCUT2D eigenvalue weighted by Crippen LogP contribution is -2.32. The molecule has 4 rings (SSSR count). The molecule has 0 saturated carbocycles. The first-order valence-corrected chi connectivity index (χ1v) is 10.0. The number of nitrogens with zero attached hydrogens (tertiary/aromatic N) is 1. The minimum atomic E-state index is -0.398. The van der Waals surface area contributed by atoms with Crippen LogP contribution < -0.4 is 15.0 Å². The minimum Gasteiger partial charge on any atom is -0.495 e. The highest BCUT2D eigenvalue weighted by molar-refractivity contribution is 7.11. The van der Waals surface area contributed by atoms with Gasteiger partial charge in [-0.15, -0.1) is 11.3 Å². The third-order valence-electron chi connectivity index (χ3n) is 4.83. The Morgan fingerprint density at radius 1 is 0.966 bits per heavy atom. The van der Waals surface area contributed by atoms with Crippen molar-refractivity contribution >= 4 is 40.1 Å². The molecule has 146 valence electrons. The Hall–Kier alpha value is -3.38. The van der Waals surface area contributed by atoms with Crippen LogP contribution in [0.5, 0.6) is 5.75 Å². The molecule has 0 atom stereocenters. The van der Waals surface area contributed by atoms with E-state index in [0.29, 0.717) is 17.0 Å². The van der Waals surface area contributed by atoms with Gasteiger partial charge >= 0.3 is 0 Å². The number of ether oxygens (including phenoxy) is 1. The first kappa shape index (κ1) is 19.0. The van der Waals surface area contributed by atoms with Gasteiger partial charge in [-0.05, 0) is 54.6 Å². The number of carbonyl (C=O) groups excluding carboxylic acids is 2. The number of rotatable bonds is 5. The summed E-state index contributed by atoms with van der Waals surface area (Å²) in [6, 6.07) is 16.8. The fraction of sp³-hybridized carbons (Fsp3) is 0.130. The van der Waals surface area contributed by atoms with Crippen LogP contribution in [-0.2, 0) is 9.59 Å². The van der Waals surface area contributed by atoms with Gasteiger partial charge in [0.05, 0.1) is 18.4 Å². The summed E-state index contributed by atoms with van der Waals surface area (Å²) in [6.07, 6.45) is 0. The van der Waals surface area contributed by atoms with Crippen LogP contribution in [0.3, 0.4) is 0 Å². The number of hydrogen-bond donors (Lipinski definition) is 1. The molecule has 0 unspecified atom stereocenters. The van der Waals surface area contributed by atoms with Crippen LogP contribution in [0.4, 0.5) is 11.4 Å². The van der Waals surface area contributed by atoms with Crippen molar-refractivity contribution in [2.45, 2.75) is 13.8 Å². The molecule has 0 radical (unpaired) electrons. The standard InChI is InChI=1S/C23H20N2O3S/c1-14-10-11-18(28-3)17(13-14)25-22(26)20(19-9-6-12-29-19)21(23(25)27)24-16-8-5-4-7-15(16)2/h4-13,24H,1-3H3. The quantitative estimate of drug-likeness (QED) is 0.623. The van der Waals surface area contributed by atoms with E-state index in [1.165, 1.54) is 23.3 Å². The number of imide groups is 1. The molecule has 2 aromatic carbocycles. The largest absolute Gasteiger partial charge is 0.495 e. The van der Waals surface area contributed by atoms with Gasteiger partial charge in [0.1, 0.15) is 11.4 Å². The molecule has 6 heteroatoms. The van der Waals surface area contributed by atoms with Gasteiger partial charge in [0.15, 0.2) is 0 Å². The number of nitrogens with one attached hydrogen (secondary N) is 1. The molecule has 1 aromatic heterocycles. The van der Waals surface area contributed by atoms with Gasteiger partial charge in [-0.2, -0.15) is 0 Å². The fourth-order valence-electron chi connectivity index (χ4n) is 3.34. The Labute approximate surface area is 173 Å². The van der Waals surface area contributed by atoms with E-state index >= 15 is 0 Å². The number of aryl methyl sites for hydroxylation is 2. The van der Waals surface area contributed by atoms with E-state index in [4.69, 9.17) is 4.74 Å². The van der Waals surface area contributed by atoms with Crippen LogP contribution in [0.25, 0.3) is 5.57 Å². The molecule has 0 fully saturated rings. The summed E-state index contributed by atoms with van der Waals surface area (Å²) in [5.74, 6) is -0.289. The molecule has 0 bridgehead atoms. The van der Waals surface area contributed by atoms with Crippen LogP contribution in [0.2, 0.25) is 0 Å². The lowest BCUT2D eigenvalue weighted by Gasteiger charge is -2.19. The SMILES string of the molecule is COc1ccc(C)cc1N1C(=O)C(Nc2ccccc2C)=C(c2cccs2)C1=O. The topological polar surface area (TPSA) is 58.6 Å². The minimum absolute atomic E-state index is 0.273. The van der Waals surface area contributed by atoms with Crippen molar-refractivity contribution in [2.75, 3.05) is 17.3 Å². The van der Waals surface area contributed by atoms with E-state index in [1.54, 1.807) is 12.1 Å². The first-order chi connectivity index (χ1) is 14.0. The average Bonchev–Trinajstić information content (AvgIpc) is 3.30. The van der Waals surface area contributed by atoms with Gasteiger partial charge in [-0.1, -0.05) is 30.3 Å². The molecule has 2 amide bonds. The monoisotopic (exact) mass is 404 g/mol. The number of hydrogen-bond acceptors (Lipinski definition) is 5. The van der Waals surface area contributed by atoms with Crippen molar-refractivity contribution < 1.29 is 14.3 Å². The summed E-state index contributed by atoms with van der Waals surface area (Å²) < 4.78 is 5.43. The Balaban J connectivity index is 1.85. The maximum absolute atomic E-state index is 13.5. The molecular weight excluding hydrogens is 384 g/mol. The van der Waals surface area contributed by atoms with Gasteiger partial charge in [0, 0.05) is 10.6 Å². The lowest BCUT2D eigenvalue weighted by atomic mass is 10.1. The number of amides is 2. The highest BCUT2D eigenvalue weighted by Crippen LogP contribution is 2.39. The van der Waals surface area contributed by atoms with Crippen molar-refractivity contribution in [1.29, 1.82) is 0 Å². The van der Waals surface area contributed by atoms with Gasteiger partial charge in [-0.25, -0.2) is 4.90 Å². The van der Waals surface area contributed by atoms with Crippen molar-refractivity contribution in [3.05, 3.63) is 81.7 Å². The fourth-order valence-corrected chi connectivity index (χ4v) is 4.10. The van der Waals surface area contributed by atoms with Crippen LogP contribution in [-0.4, -0.2) is 18.9 Å². The van der Waals surface area contributed by atoms with Crippen LogP contribution >= 0.6 is 11.3 Å².